The number of aromatic nitrogens is 1. The van der Waals surface area contributed by atoms with Crippen LogP contribution < -0.4 is 10.1 Å². The number of carbonyl (C=O) groups is 1. The molecular formula is C32H20N2O3. The Morgan fingerprint density at radius 2 is 1.41 bits per heavy atom. The number of hydrogen-bond donors (Lipinski definition) is 1. The van der Waals surface area contributed by atoms with E-state index in [1.54, 1.807) is 6.08 Å². The first-order valence-electron chi connectivity index (χ1n) is 12.0. The van der Waals surface area contributed by atoms with Crippen LogP contribution in [0.15, 0.2) is 131 Å². The predicted octanol–water partition coefficient (Wildman–Crippen LogP) is 7.40. The molecule has 0 bridgehead atoms. The summed E-state index contributed by atoms with van der Waals surface area (Å²) in [6, 6.07) is 32.1. The van der Waals surface area contributed by atoms with Crippen LogP contribution in [0.2, 0.25) is 0 Å². The van der Waals surface area contributed by atoms with Crippen molar-refractivity contribution in [1.29, 1.82) is 0 Å². The van der Waals surface area contributed by atoms with Crippen LogP contribution in [0, 0.1) is 0 Å². The van der Waals surface area contributed by atoms with Gasteiger partial charge in [-0.25, -0.2) is 4.98 Å². The number of fused-ring (bicyclic) bond motifs is 2. The zero-order valence-corrected chi connectivity index (χ0v) is 19.6. The number of anilines is 1. The maximum atomic E-state index is 13.1. The second-order valence-corrected chi connectivity index (χ2v) is 8.91. The Morgan fingerprint density at radius 3 is 2.14 bits per heavy atom. The summed E-state index contributed by atoms with van der Waals surface area (Å²) in [6.45, 7) is 0. The topological polar surface area (TPSA) is 64.4 Å². The summed E-state index contributed by atoms with van der Waals surface area (Å²) < 4.78 is 11.9. The molecule has 1 N–H and O–H groups in total. The van der Waals surface area contributed by atoms with Crippen LogP contribution in [0.25, 0.3) is 38.9 Å². The summed E-state index contributed by atoms with van der Waals surface area (Å²) in [5, 5.41) is 3.26. The number of ketones is 1. The number of nitrogens with zero attached hydrogens (tertiary/aromatic N) is 1. The minimum Gasteiger partial charge on any atom is -0.438 e. The lowest BCUT2D eigenvalue weighted by molar-refractivity contribution is -0.111. The lowest BCUT2D eigenvalue weighted by atomic mass is 10.0. The lowest BCUT2D eigenvalue weighted by Gasteiger charge is -2.08. The van der Waals surface area contributed by atoms with Crippen molar-refractivity contribution < 1.29 is 13.9 Å². The van der Waals surface area contributed by atoms with Crippen molar-refractivity contribution >= 4 is 28.1 Å². The van der Waals surface area contributed by atoms with Gasteiger partial charge in [-0.05, 0) is 64.7 Å². The quantitative estimate of drug-likeness (QED) is 0.273. The summed E-state index contributed by atoms with van der Waals surface area (Å²) in [6.07, 6.45) is 5.11. The number of carbonyl (C=O) groups excluding carboxylic acids is 1. The summed E-state index contributed by atoms with van der Waals surface area (Å²) in [7, 11) is 0. The van der Waals surface area contributed by atoms with Crippen molar-refractivity contribution in [3.63, 3.8) is 0 Å². The van der Waals surface area contributed by atoms with Crippen LogP contribution in [0.1, 0.15) is 5.89 Å². The molecule has 2 aliphatic rings. The van der Waals surface area contributed by atoms with E-state index in [4.69, 9.17) is 9.15 Å². The average Bonchev–Trinajstić information content (AvgIpc) is 3.57. The number of allylic oxidation sites excluding steroid dienone is 5. The summed E-state index contributed by atoms with van der Waals surface area (Å²) >= 11 is 0. The molecule has 5 nitrogen and oxygen atoms in total. The molecule has 7 rings (SSSR count). The smallest absolute Gasteiger partial charge is 0.227 e. The fraction of sp³-hybridized carbons (Fsp3) is 0. The first-order valence-corrected chi connectivity index (χ1v) is 12.0. The van der Waals surface area contributed by atoms with Gasteiger partial charge in [-0.1, -0.05) is 72.8 Å². The van der Waals surface area contributed by atoms with Crippen LogP contribution >= 0.6 is 0 Å². The molecule has 2 heterocycles. The average molecular weight is 481 g/mol. The van der Waals surface area contributed by atoms with E-state index in [1.165, 1.54) is 6.08 Å². The number of nitrogens with one attached hydrogen (secondary N) is 1. The molecule has 5 heteroatoms. The van der Waals surface area contributed by atoms with Gasteiger partial charge < -0.3 is 14.5 Å². The molecule has 0 unspecified atom stereocenters. The maximum Gasteiger partial charge on any atom is 0.227 e. The van der Waals surface area contributed by atoms with Crippen molar-refractivity contribution in [3.05, 3.63) is 133 Å². The minimum atomic E-state index is -0.177. The monoisotopic (exact) mass is 480 g/mol. The molecule has 4 aromatic carbocycles. The lowest BCUT2D eigenvalue weighted by Crippen LogP contribution is -2.11. The summed E-state index contributed by atoms with van der Waals surface area (Å²) in [5.41, 5.74) is 7.66. The van der Waals surface area contributed by atoms with Gasteiger partial charge in [0.1, 0.15) is 5.52 Å². The van der Waals surface area contributed by atoms with Gasteiger partial charge in [0.2, 0.25) is 11.8 Å². The Morgan fingerprint density at radius 1 is 0.703 bits per heavy atom. The van der Waals surface area contributed by atoms with Gasteiger partial charge in [-0.15, -0.1) is 0 Å². The van der Waals surface area contributed by atoms with Gasteiger partial charge in [-0.3, -0.25) is 4.79 Å². The summed E-state index contributed by atoms with van der Waals surface area (Å²) in [5.74, 6) is 1.33. The standard InChI is InChI=1S/C32H20N2O3/c35-28-19-24(31-33-26-17-22(12-15-29(26)36-31)20-7-3-1-4-8-20)11-14-25(28)32-34-27-18-23(13-16-30(27)37-32)21-9-5-2-6-10-21/h1-19,34H/b32-25+. The van der Waals surface area contributed by atoms with Crippen molar-refractivity contribution in [2.75, 3.05) is 5.32 Å². The van der Waals surface area contributed by atoms with E-state index in [0.717, 1.165) is 33.5 Å². The first-order chi connectivity index (χ1) is 18.2. The molecule has 0 saturated carbocycles. The maximum absolute atomic E-state index is 13.1. The van der Waals surface area contributed by atoms with Gasteiger partial charge in [0.15, 0.2) is 17.1 Å². The largest absolute Gasteiger partial charge is 0.438 e. The van der Waals surface area contributed by atoms with Crippen molar-refractivity contribution in [2.45, 2.75) is 0 Å². The number of benzene rings is 4. The second-order valence-electron chi connectivity index (χ2n) is 8.91. The minimum absolute atomic E-state index is 0.177. The normalized spacial score (nSPS) is 16.3. The van der Waals surface area contributed by atoms with Gasteiger partial charge in [-0.2, -0.15) is 0 Å². The second kappa shape index (κ2) is 8.50. The fourth-order valence-corrected chi connectivity index (χ4v) is 4.61. The number of hydrogen-bond acceptors (Lipinski definition) is 5. The van der Waals surface area contributed by atoms with E-state index in [9.17, 15) is 4.79 Å². The number of rotatable bonds is 3. The predicted molar refractivity (Wildman–Crippen MR) is 145 cm³/mol. The highest BCUT2D eigenvalue weighted by atomic mass is 16.5. The zero-order valence-electron chi connectivity index (χ0n) is 19.6. The molecular weight excluding hydrogens is 460 g/mol. The van der Waals surface area contributed by atoms with Crippen LogP contribution in [0.5, 0.6) is 5.75 Å². The van der Waals surface area contributed by atoms with Crippen LogP contribution in [0.4, 0.5) is 5.69 Å². The number of oxazole rings is 1. The molecule has 0 atom stereocenters. The van der Waals surface area contributed by atoms with E-state index < -0.39 is 0 Å². The molecule has 176 valence electrons. The van der Waals surface area contributed by atoms with E-state index in [0.29, 0.717) is 34.3 Å². The first kappa shape index (κ1) is 21.1. The van der Waals surface area contributed by atoms with Gasteiger partial charge >= 0.3 is 0 Å². The molecule has 1 aliphatic heterocycles. The Bertz CT molecular complexity index is 1780. The zero-order chi connectivity index (χ0) is 24.8. The van der Waals surface area contributed by atoms with Gasteiger partial charge in [0, 0.05) is 5.57 Å². The molecule has 0 radical (unpaired) electrons. The third-order valence-corrected chi connectivity index (χ3v) is 6.51. The molecule has 0 spiro atoms. The molecule has 1 aromatic heterocycles. The molecule has 0 amide bonds. The molecule has 37 heavy (non-hydrogen) atoms. The molecule has 5 aromatic rings. The highest BCUT2D eigenvalue weighted by Gasteiger charge is 2.25. The molecule has 0 fully saturated rings. The molecule has 1 aliphatic carbocycles. The highest BCUT2D eigenvalue weighted by Crippen LogP contribution is 2.39. The van der Waals surface area contributed by atoms with Crippen molar-refractivity contribution in [2.24, 2.45) is 0 Å². The Balaban J connectivity index is 1.15. The Hall–Kier alpha value is -5.16. The van der Waals surface area contributed by atoms with E-state index in [2.05, 4.69) is 34.6 Å². The van der Waals surface area contributed by atoms with E-state index in [1.807, 2.05) is 78.9 Å². The van der Waals surface area contributed by atoms with E-state index >= 15 is 0 Å². The van der Waals surface area contributed by atoms with Crippen LogP contribution in [-0.2, 0) is 4.79 Å². The van der Waals surface area contributed by atoms with Gasteiger partial charge in [0.05, 0.1) is 11.3 Å². The van der Waals surface area contributed by atoms with E-state index in [-0.39, 0.29) is 5.78 Å². The van der Waals surface area contributed by atoms with Crippen LogP contribution in [0.3, 0.4) is 0 Å². The highest BCUT2D eigenvalue weighted by molar-refractivity contribution is 6.13. The van der Waals surface area contributed by atoms with Gasteiger partial charge in [0.25, 0.3) is 0 Å². The van der Waals surface area contributed by atoms with Crippen LogP contribution in [-0.4, -0.2) is 10.8 Å². The van der Waals surface area contributed by atoms with Crippen molar-refractivity contribution in [1.82, 2.24) is 4.98 Å². The molecule has 0 saturated heterocycles. The SMILES string of the molecule is O=C1C=C(c2nc3cc(-c4ccccc4)ccc3o2)C=C/C1=C1/Nc2cc(-c3ccccc3)ccc2O1. The Labute approximate surface area is 213 Å². The summed E-state index contributed by atoms with van der Waals surface area (Å²) in [4.78, 5) is 17.7. The number of ether oxygens (including phenoxy) is 1. The Kier molecular flexibility index (Phi) is 4.86. The third-order valence-electron chi connectivity index (χ3n) is 6.51. The van der Waals surface area contributed by atoms with Crippen molar-refractivity contribution in [3.8, 4) is 28.0 Å². The fourth-order valence-electron chi connectivity index (χ4n) is 4.61. The third kappa shape index (κ3) is 3.83.